The Morgan fingerprint density at radius 2 is 1.78 bits per heavy atom. The van der Waals surface area contributed by atoms with Gasteiger partial charge in [0.25, 0.3) is 0 Å². The van der Waals surface area contributed by atoms with Crippen LogP contribution in [-0.4, -0.2) is 17.7 Å². The van der Waals surface area contributed by atoms with Gasteiger partial charge in [-0.2, -0.15) is 0 Å². The van der Waals surface area contributed by atoms with Gasteiger partial charge in [0, 0.05) is 5.56 Å². The lowest BCUT2D eigenvalue weighted by Crippen LogP contribution is -2.25. The first-order valence-corrected chi connectivity index (χ1v) is 5.87. The third kappa shape index (κ3) is 1.80. The van der Waals surface area contributed by atoms with Crippen molar-refractivity contribution in [2.24, 2.45) is 0 Å². The van der Waals surface area contributed by atoms with E-state index in [1.54, 1.807) is 6.92 Å². The summed E-state index contributed by atoms with van der Waals surface area (Å²) in [4.78, 5) is 23.9. The van der Waals surface area contributed by atoms with E-state index >= 15 is 0 Å². The van der Waals surface area contributed by atoms with Crippen molar-refractivity contribution >= 4 is 11.7 Å². The highest BCUT2D eigenvalue weighted by atomic mass is 16.2. The minimum atomic E-state index is -0.688. The van der Waals surface area contributed by atoms with E-state index < -0.39 is 12.0 Å². The van der Waals surface area contributed by atoms with Gasteiger partial charge >= 0.3 is 0 Å². The minimum Gasteiger partial charge on any atom is -0.346 e. The van der Waals surface area contributed by atoms with Gasteiger partial charge in [0.05, 0.1) is 6.04 Å². The van der Waals surface area contributed by atoms with Crippen LogP contribution in [-0.2, 0) is 9.59 Å². The molecule has 1 fully saturated rings. The molecule has 0 saturated carbocycles. The minimum absolute atomic E-state index is 0.0698. The highest BCUT2D eigenvalue weighted by Gasteiger charge is 2.40. The lowest BCUT2D eigenvalue weighted by atomic mass is 9.87. The summed E-state index contributed by atoms with van der Waals surface area (Å²) < 4.78 is 0. The molecule has 1 aromatic carbocycles. The maximum absolute atomic E-state index is 12.1. The van der Waals surface area contributed by atoms with Crippen LogP contribution in [0.25, 0.3) is 0 Å². The molecule has 3 nitrogen and oxygen atoms in total. The van der Waals surface area contributed by atoms with Gasteiger partial charge in [-0.3, -0.25) is 9.59 Å². The third-order valence-corrected chi connectivity index (χ3v) is 3.38. The first-order chi connectivity index (χ1) is 8.45. The maximum Gasteiger partial charge on any atom is 0.235 e. The molecule has 1 aliphatic heterocycles. The van der Waals surface area contributed by atoms with Crippen LogP contribution in [0.2, 0.25) is 0 Å². The van der Waals surface area contributed by atoms with E-state index in [0.717, 1.165) is 22.3 Å². The number of terminal acetylenes is 1. The number of aryl methyl sites for hydroxylation is 2. The number of ketones is 1. The number of carbonyl (C=O) groups excluding carboxylic acids is 2. The molecule has 1 aliphatic rings. The fraction of sp³-hybridized carbons (Fsp3) is 0.333. The topological polar surface area (TPSA) is 46.2 Å². The Kier molecular flexibility index (Phi) is 2.96. The Labute approximate surface area is 107 Å². The predicted molar refractivity (Wildman–Crippen MR) is 69.2 cm³/mol. The molecular weight excluding hydrogens is 226 g/mol. The Morgan fingerprint density at radius 3 is 2.17 bits per heavy atom. The molecule has 1 saturated heterocycles. The molecule has 0 aliphatic carbocycles. The van der Waals surface area contributed by atoms with Crippen LogP contribution >= 0.6 is 0 Å². The lowest BCUT2D eigenvalue weighted by molar-refractivity contribution is -0.124. The zero-order valence-electron chi connectivity index (χ0n) is 10.7. The number of hydrogen-bond acceptors (Lipinski definition) is 2. The molecule has 0 aromatic heterocycles. The number of benzene rings is 1. The van der Waals surface area contributed by atoms with E-state index in [2.05, 4.69) is 11.2 Å². The average molecular weight is 241 g/mol. The number of hydrogen-bond donors (Lipinski definition) is 1. The fourth-order valence-electron chi connectivity index (χ4n) is 2.53. The van der Waals surface area contributed by atoms with Crippen molar-refractivity contribution in [1.82, 2.24) is 5.32 Å². The Bertz CT molecular complexity index is 558. The van der Waals surface area contributed by atoms with Crippen molar-refractivity contribution in [2.45, 2.75) is 32.7 Å². The van der Waals surface area contributed by atoms with Gasteiger partial charge in [-0.05, 0) is 49.6 Å². The molecular formula is C15H15NO2. The molecule has 1 aromatic rings. The van der Waals surface area contributed by atoms with Crippen LogP contribution in [0.5, 0.6) is 0 Å². The van der Waals surface area contributed by atoms with Crippen LogP contribution in [0.3, 0.4) is 0 Å². The summed E-state index contributed by atoms with van der Waals surface area (Å²) in [6.07, 6.45) is 5.37. The van der Waals surface area contributed by atoms with Gasteiger partial charge in [-0.1, -0.05) is 5.92 Å². The molecule has 1 N–H and O–H groups in total. The van der Waals surface area contributed by atoms with Crippen molar-refractivity contribution in [3.63, 3.8) is 0 Å². The molecule has 0 bridgehead atoms. The zero-order chi connectivity index (χ0) is 13.4. The van der Waals surface area contributed by atoms with Gasteiger partial charge in [0.2, 0.25) is 5.91 Å². The first kappa shape index (κ1) is 12.4. The molecule has 0 spiro atoms. The lowest BCUT2D eigenvalue weighted by Gasteiger charge is -2.14. The van der Waals surface area contributed by atoms with Crippen molar-refractivity contribution in [2.75, 3.05) is 0 Å². The maximum atomic E-state index is 12.1. The number of carbonyl (C=O) groups is 2. The smallest absolute Gasteiger partial charge is 0.235 e. The summed E-state index contributed by atoms with van der Waals surface area (Å²) in [6.45, 7) is 5.47. The fourth-order valence-corrected chi connectivity index (χ4v) is 2.53. The molecule has 2 atom stereocenters. The second-order valence-corrected chi connectivity index (χ2v) is 4.73. The average Bonchev–Trinajstić information content (AvgIpc) is 2.54. The largest absolute Gasteiger partial charge is 0.346 e. The van der Waals surface area contributed by atoms with E-state index in [1.807, 2.05) is 26.0 Å². The molecule has 1 amide bonds. The summed E-state index contributed by atoms with van der Waals surface area (Å²) in [5.41, 5.74) is 3.35. The van der Waals surface area contributed by atoms with Crippen molar-refractivity contribution < 1.29 is 9.59 Å². The summed E-state index contributed by atoms with van der Waals surface area (Å²) in [5, 5.41) is 2.67. The van der Waals surface area contributed by atoms with E-state index in [9.17, 15) is 9.59 Å². The van der Waals surface area contributed by atoms with Crippen molar-refractivity contribution in [3.8, 4) is 12.3 Å². The van der Waals surface area contributed by atoms with Gasteiger partial charge in [0.1, 0.15) is 5.92 Å². The van der Waals surface area contributed by atoms with Gasteiger partial charge in [-0.15, -0.1) is 6.42 Å². The summed E-state index contributed by atoms with van der Waals surface area (Å²) in [5.74, 6) is 1.60. The standard InChI is InChI=1S/C15H15NO2/c1-5-11-6-8(2)12(9(3)7-11)13-14(17)10(4)16-15(13)18/h1,6-7,10,13H,2-4H3,(H,16,18). The van der Waals surface area contributed by atoms with Crippen molar-refractivity contribution in [3.05, 3.63) is 34.4 Å². The zero-order valence-corrected chi connectivity index (χ0v) is 10.7. The number of rotatable bonds is 1. The molecule has 0 radical (unpaired) electrons. The highest BCUT2D eigenvalue weighted by molar-refractivity contribution is 6.15. The monoisotopic (exact) mass is 241 g/mol. The van der Waals surface area contributed by atoms with Crippen molar-refractivity contribution in [1.29, 1.82) is 0 Å². The molecule has 92 valence electrons. The van der Waals surface area contributed by atoms with Gasteiger partial charge < -0.3 is 5.32 Å². The van der Waals surface area contributed by atoms with Crippen LogP contribution in [0.1, 0.15) is 35.1 Å². The number of Topliss-reactive ketones (excluding diaryl/α,β-unsaturated/α-hetero) is 1. The van der Waals surface area contributed by atoms with E-state index in [4.69, 9.17) is 6.42 Å². The van der Waals surface area contributed by atoms with Gasteiger partial charge in [0.15, 0.2) is 5.78 Å². The summed E-state index contributed by atoms with van der Waals surface area (Å²) in [7, 11) is 0. The molecule has 3 heteroatoms. The van der Waals surface area contributed by atoms with Crippen LogP contribution in [0.4, 0.5) is 0 Å². The van der Waals surface area contributed by atoms with E-state index in [0.29, 0.717) is 0 Å². The molecule has 2 rings (SSSR count). The molecule has 18 heavy (non-hydrogen) atoms. The van der Waals surface area contributed by atoms with Crippen LogP contribution in [0.15, 0.2) is 12.1 Å². The van der Waals surface area contributed by atoms with E-state index in [1.165, 1.54) is 0 Å². The Balaban J connectivity index is 2.56. The second-order valence-electron chi connectivity index (χ2n) is 4.73. The van der Waals surface area contributed by atoms with Crippen LogP contribution in [0, 0.1) is 26.2 Å². The summed E-state index contributed by atoms with van der Waals surface area (Å²) in [6, 6.07) is 3.27. The third-order valence-electron chi connectivity index (χ3n) is 3.38. The second kappa shape index (κ2) is 4.30. The Hall–Kier alpha value is -2.08. The highest BCUT2D eigenvalue weighted by Crippen LogP contribution is 2.30. The molecule has 2 unspecified atom stereocenters. The predicted octanol–water partition coefficient (Wildman–Crippen LogP) is 1.46. The van der Waals surface area contributed by atoms with Crippen LogP contribution < -0.4 is 5.32 Å². The quantitative estimate of drug-likeness (QED) is 0.597. The summed E-state index contributed by atoms with van der Waals surface area (Å²) >= 11 is 0. The normalized spacial score (nSPS) is 22.8. The van der Waals surface area contributed by atoms with Gasteiger partial charge in [-0.25, -0.2) is 0 Å². The number of amides is 1. The Morgan fingerprint density at radius 1 is 1.22 bits per heavy atom. The van der Waals surface area contributed by atoms with E-state index in [-0.39, 0.29) is 11.7 Å². The molecule has 1 heterocycles. The number of nitrogens with one attached hydrogen (secondary N) is 1. The first-order valence-electron chi connectivity index (χ1n) is 5.87. The SMILES string of the molecule is C#Cc1cc(C)c(C2C(=O)NC(C)C2=O)c(C)c1.